The maximum Gasteiger partial charge on any atom is 0.238 e. The number of carbonyl (C=O) groups is 1. The lowest BCUT2D eigenvalue weighted by molar-refractivity contribution is -0.124. The Labute approximate surface area is 159 Å². The van der Waals surface area contributed by atoms with Crippen molar-refractivity contribution in [1.29, 1.82) is 5.41 Å². The van der Waals surface area contributed by atoms with Crippen LogP contribution in [0.25, 0.3) is 0 Å². The van der Waals surface area contributed by atoms with E-state index in [-0.39, 0.29) is 18.3 Å². The number of guanidine groups is 1. The van der Waals surface area contributed by atoms with E-state index in [9.17, 15) is 9.59 Å². The van der Waals surface area contributed by atoms with E-state index in [1.54, 1.807) is 0 Å². The summed E-state index contributed by atoms with van der Waals surface area (Å²) in [6.07, 6.45) is 3.95. The molecule has 1 aromatic carbocycles. The summed E-state index contributed by atoms with van der Waals surface area (Å²) >= 11 is 5.74. The largest absolute Gasteiger partial charge is 0.370 e. The van der Waals surface area contributed by atoms with Crippen LogP contribution in [-0.2, 0) is 16.0 Å². The first-order valence-corrected chi connectivity index (χ1v) is 9.19. The number of nitrogens with two attached hydrogens (primary N) is 1. The first-order valence-electron chi connectivity index (χ1n) is 8.66. The Morgan fingerprint density at radius 3 is 2.58 bits per heavy atom. The van der Waals surface area contributed by atoms with Crippen molar-refractivity contribution < 1.29 is 9.59 Å². The van der Waals surface area contributed by atoms with Gasteiger partial charge in [-0.05, 0) is 31.2 Å². The average Bonchev–Trinajstić information content (AvgIpc) is 2.62. The van der Waals surface area contributed by atoms with Gasteiger partial charge in [0.15, 0.2) is 12.2 Å². The van der Waals surface area contributed by atoms with E-state index in [1.165, 1.54) is 0 Å². The number of unbranched alkanes of at least 4 members (excludes halogenated alkanes) is 1. The highest BCUT2D eigenvalue weighted by Gasteiger charge is 2.21. The van der Waals surface area contributed by atoms with Crippen molar-refractivity contribution in [2.45, 2.75) is 44.3 Å². The topological polar surface area (TPSA) is 120 Å². The molecular formula is C18H27ClN5O2. The van der Waals surface area contributed by atoms with Gasteiger partial charge in [-0.2, -0.15) is 0 Å². The fourth-order valence-electron chi connectivity index (χ4n) is 2.53. The number of alkyl halides is 1. The molecule has 8 heteroatoms. The second kappa shape index (κ2) is 13.1. The molecule has 0 aliphatic rings. The summed E-state index contributed by atoms with van der Waals surface area (Å²) in [5.74, 6) is -0.0285. The van der Waals surface area contributed by atoms with Crippen LogP contribution in [0.1, 0.15) is 31.2 Å². The first-order chi connectivity index (χ1) is 12.6. The molecule has 1 rings (SSSR count). The second-order valence-corrected chi connectivity index (χ2v) is 6.25. The molecule has 26 heavy (non-hydrogen) atoms. The van der Waals surface area contributed by atoms with E-state index in [2.05, 4.69) is 16.0 Å². The van der Waals surface area contributed by atoms with Crippen molar-refractivity contribution in [1.82, 2.24) is 16.0 Å². The van der Waals surface area contributed by atoms with Crippen LogP contribution in [0.5, 0.6) is 0 Å². The van der Waals surface area contributed by atoms with Crippen LogP contribution in [0.3, 0.4) is 0 Å². The van der Waals surface area contributed by atoms with E-state index in [0.717, 1.165) is 12.0 Å². The Morgan fingerprint density at radius 1 is 1.23 bits per heavy atom. The Balaban J connectivity index is 2.64. The number of hydrogen-bond donors (Lipinski definition) is 5. The predicted octanol–water partition coefficient (Wildman–Crippen LogP) is 1.02. The van der Waals surface area contributed by atoms with Crippen LogP contribution in [0.15, 0.2) is 30.3 Å². The zero-order chi connectivity index (χ0) is 19.2. The van der Waals surface area contributed by atoms with E-state index in [1.807, 2.05) is 36.6 Å². The molecule has 0 aliphatic heterocycles. The number of benzene rings is 1. The Bertz CT molecular complexity index is 556. The molecule has 1 radical (unpaired) electrons. The summed E-state index contributed by atoms with van der Waals surface area (Å²) in [5.41, 5.74) is 6.53. The smallest absolute Gasteiger partial charge is 0.238 e. The Hall–Kier alpha value is -2.12. The zero-order valence-electron chi connectivity index (χ0n) is 14.8. The van der Waals surface area contributed by atoms with Gasteiger partial charge in [-0.25, -0.2) is 0 Å². The molecule has 2 unspecified atom stereocenters. The lowest BCUT2D eigenvalue weighted by Gasteiger charge is -2.24. The lowest BCUT2D eigenvalue weighted by atomic mass is 10.0. The molecule has 0 fully saturated rings. The summed E-state index contributed by atoms with van der Waals surface area (Å²) in [4.78, 5) is 23.0. The van der Waals surface area contributed by atoms with Gasteiger partial charge in [0.25, 0.3) is 0 Å². The first kappa shape index (κ1) is 21.9. The van der Waals surface area contributed by atoms with Gasteiger partial charge in [0, 0.05) is 18.8 Å². The van der Waals surface area contributed by atoms with Gasteiger partial charge < -0.3 is 21.7 Å². The SMILES string of the molecule is N=C(N)NC(CCC[C]=O)NC(=O)C(CCc1ccccc1)NCCCl. The molecule has 1 amide bonds. The molecule has 1 aromatic rings. The molecule has 2 atom stereocenters. The second-order valence-electron chi connectivity index (χ2n) is 5.88. The minimum Gasteiger partial charge on any atom is -0.370 e. The molecule has 0 aromatic heterocycles. The van der Waals surface area contributed by atoms with Gasteiger partial charge in [-0.1, -0.05) is 30.3 Å². The molecule has 0 saturated carbocycles. The van der Waals surface area contributed by atoms with Crippen LogP contribution < -0.4 is 21.7 Å². The molecule has 0 aliphatic carbocycles. The minimum atomic E-state index is -0.509. The zero-order valence-corrected chi connectivity index (χ0v) is 15.5. The molecule has 143 valence electrons. The summed E-state index contributed by atoms with van der Waals surface area (Å²) in [6.45, 7) is 0.513. The van der Waals surface area contributed by atoms with E-state index in [0.29, 0.717) is 31.7 Å². The fourth-order valence-corrected chi connectivity index (χ4v) is 2.64. The van der Waals surface area contributed by atoms with Crippen LogP contribution in [0, 0.1) is 5.41 Å². The van der Waals surface area contributed by atoms with Crippen LogP contribution in [0.2, 0.25) is 0 Å². The lowest BCUT2D eigenvalue weighted by Crippen LogP contribution is -2.55. The van der Waals surface area contributed by atoms with E-state index < -0.39 is 12.2 Å². The third kappa shape index (κ3) is 9.39. The van der Waals surface area contributed by atoms with Gasteiger partial charge in [0.2, 0.25) is 5.91 Å². The molecule has 0 bridgehead atoms. The number of halogens is 1. The number of nitrogens with one attached hydrogen (secondary N) is 4. The highest BCUT2D eigenvalue weighted by Crippen LogP contribution is 2.06. The molecule has 0 saturated heterocycles. The maximum atomic E-state index is 12.6. The Kier molecular flexibility index (Phi) is 11.1. The van der Waals surface area contributed by atoms with Crippen molar-refractivity contribution in [2.24, 2.45) is 5.73 Å². The number of rotatable bonds is 13. The van der Waals surface area contributed by atoms with Gasteiger partial charge in [0.05, 0.1) is 6.04 Å². The number of hydrogen-bond acceptors (Lipinski definition) is 4. The van der Waals surface area contributed by atoms with Gasteiger partial charge in [0.1, 0.15) is 6.17 Å². The van der Waals surface area contributed by atoms with Crippen LogP contribution >= 0.6 is 11.6 Å². The molecule has 6 N–H and O–H groups in total. The summed E-state index contributed by atoms with van der Waals surface area (Å²) in [5, 5.41) is 16.1. The summed E-state index contributed by atoms with van der Waals surface area (Å²) < 4.78 is 0. The van der Waals surface area contributed by atoms with E-state index in [4.69, 9.17) is 22.7 Å². The van der Waals surface area contributed by atoms with Gasteiger partial charge in [-0.15, -0.1) is 11.6 Å². The molecule has 0 spiro atoms. The van der Waals surface area contributed by atoms with Crippen LogP contribution in [-0.4, -0.2) is 42.8 Å². The Morgan fingerprint density at radius 2 is 1.96 bits per heavy atom. The third-order valence-corrected chi connectivity index (χ3v) is 3.97. The van der Waals surface area contributed by atoms with E-state index >= 15 is 0 Å². The van der Waals surface area contributed by atoms with Crippen LogP contribution in [0.4, 0.5) is 0 Å². The average molecular weight is 381 g/mol. The normalized spacial score (nSPS) is 12.8. The standard InChI is InChI=1S/C18H27ClN5O2/c19-11-12-22-15(10-9-14-6-2-1-3-7-14)17(26)23-16(24-18(20)21)8-4-5-13-25/h1-3,6-7,15-16,22H,4-5,8-12H2,(H,23,26)(H4,20,21,24). The number of amides is 1. The highest BCUT2D eigenvalue weighted by molar-refractivity contribution is 6.18. The van der Waals surface area contributed by atoms with Crippen molar-refractivity contribution in [2.75, 3.05) is 12.4 Å². The molecular weight excluding hydrogens is 354 g/mol. The summed E-state index contributed by atoms with van der Waals surface area (Å²) in [6, 6.07) is 9.51. The number of aryl methyl sites for hydroxylation is 1. The maximum absolute atomic E-state index is 12.6. The van der Waals surface area contributed by atoms with Crippen molar-refractivity contribution in [3.8, 4) is 0 Å². The molecule has 0 heterocycles. The van der Waals surface area contributed by atoms with Gasteiger partial charge >= 0.3 is 0 Å². The quantitative estimate of drug-likeness (QED) is 0.115. The third-order valence-electron chi connectivity index (χ3n) is 3.78. The van der Waals surface area contributed by atoms with Crippen molar-refractivity contribution in [3.05, 3.63) is 35.9 Å². The fraction of sp³-hybridized carbons (Fsp3) is 0.500. The monoisotopic (exact) mass is 380 g/mol. The predicted molar refractivity (Wildman–Crippen MR) is 104 cm³/mol. The van der Waals surface area contributed by atoms with Crippen molar-refractivity contribution in [3.63, 3.8) is 0 Å². The van der Waals surface area contributed by atoms with Gasteiger partial charge in [-0.3, -0.25) is 15.0 Å². The van der Waals surface area contributed by atoms with Crippen molar-refractivity contribution >= 4 is 29.8 Å². The molecule has 7 nitrogen and oxygen atoms in total. The highest BCUT2D eigenvalue weighted by atomic mass is 35.5. The number of carbonyl (C=O) groups excluding carboxylic acids is 2. The summed E-state index contributed by atoms with van der Waals surface area (Å²) in [7, 11) is 0. The minimum absolute atomic E-state index is 0.195.